The minimum absolute atomic E-state index is 0.00793. The number of carbonyl (C=O) groups excluding carboxylic acids is 1. The van der Waals surface area contributed by atoms with Gasteiger partial charge in [0, 0.05) is 25.9 Å². The Hall–Kier alpha value is -2.45. The van der Waals surface area contributed by atoms with Gasteiger partial charge < -0.3 is 25.1 Å². The van der Waals surface area contributed by atoms with E-state index in [4.69, 9.17) is 5.11 Å². The Labute approximate surface area is 108 Å². The summed E-state index contributed by atoms with van der Waals surface area (Å²) in [5.41, 5.74) is 0. The maximum absolute atomic E-state index is 11.4. The van der Waals surface area contributed by atoms with Gasteiger partial charge >= 0.3 is 11.8 Å². The Morgan fingerprint density at radius 2 is 2.21 bits per heavy atom. The molecule has 1 amide bonds. The van der Waals surface area contributed by atoms with Crippen LogP contribution in [0, 0.1) is 10.1 Å². The lowest BCUT2D eigenvalue weighted by Crippen LogP contribution is -2.25. The Bertz CT molecular complexity index is 470. The Balaban J connectivity index is 2.22. The van der Waals surface area contributed by atoms with Gasteiger partial charge in [-0.3, -0.25) is 9.59 Å². The predicted octanol–water partition coefficient (Wildman–Crippen LogP) is 0.162. The van der Waals surface area contributed by atoms with Crippen LogP contribution >= 0.6 is 0 Å². The lowest BCUT2D eigenvalue weighted by molar-refractivity contribution is -0.389. The highest BCUT2D eigenvalue weighted by Crippen LogP contribution is 2.05. The van der Waals surface area contributed by atoms with Crippen LogP contribution in [-0.4, -0.2) is 38.0 Å². The van der Waals surface area contributed by atoms with Gasteiger partial charge in [-0.15, -0.1) is 0 Å². The summed E-state index contributed by atoms with van der Waals surface area (Å²) in [7, 11) is 0. The SMILES string of the molecule is O=C(O)CCCNC(=O)CCn1cnc([N+](=O)[O-])c1. The number of amides is 1. The number of aryl methyl sites for hydroxylation is 1. The summed E-state index contributed by atoms with van der Waals surface area (Å²) in [5.74, 6) is -1.40. The van der Waals surface area contributed by atoms with E-state index in [0.717, 1.165) is 0 Å². The maximum Gasteiger partial charge on any atom is 0.381 e. The number of hydrogen-bond acceptors (Lipinski definition) is 5. The molecular weight excluding hydrogens is 256 g/mol. The summed E-state index contributed by atoms with van der Waals surface area (Å²) in [5, 5.41) is 21.4. The molecule has 0 radical (unpaired) electrons. The molecule has 1 heterocycles. The second kappa shape index (κ2) is 7.09. The number of carbonyl (C=O) groups is 2. The van der Waals surface area contributed by atoms with Crippen molar-refractivity contribution >= 4 is 17.7 Å². The molecule has 0 aliphatic heterocycles. The van der Waals surface area contributed by atoms with E-state index >= 15 is 0 Å². The average Bonchev–Trinajstić information content (AvgIpc) is 2.81. The normalized spacial score (nSPS) is 10.1. The number of nitrogens with zero attached hydrogens (tertiary/aromatic N) is 3. The highest BCUT2D eigenvalue weighted by atomic mass is 16.6. The van der Waals surface area contributed by atoms with Crippen LogP contribution in [-0.2, 0) is 16.1 Å². The van der Waals surface area contributed by atoms with Gasteiger partial charge in [0.15, 0.2) is 0 Å². The minimum Gasteiger partial charge on any atom is -0.481 e. The number of rotatable bonds is 8. The molecule has 19 heavy (non-hydrogen) atoms. The Morgan fingerprint density at radius 1 is 1.47 bits per heavy atom. The fourth-order valence-corrected chi connectivity index (χ4v) is 1.35. The molecule has 0 aliphatic rings. The van der Waals surface area contributed by atoms with Gasteiger partial charge in [0.2, 0.25) is 12.2 Å². The third kappa shape index (κ3) is 5.61. The monoisotopic (exact) mass is 270 g/mol. The van der Waals surface area contributed by atoms with Gasteiger partial charge in [-0.2, -0.15) is 0 Å². The average molecular weight is 270 g/mol. The van der Waals surface area contributed by atoms with Gasteiger partial charge in [-0.05, 0) is 16.3 Å². The summed E-state index contributed by atoms with van der Waals surface area (Å²) in [6.07, 6.45) is 3.07. The van der Waals surface area contributed by atoms with Crippen molar-refractivity contribution in [2.24, 2.45) is 0 Å². The molecule has 9 heteroatoms. The molecule has 0 unspecified atom stereocenters. The highest BCUT2D eigenvalue weighted by Gasteiger charge is 2.10. The van der Waals surface area contributed by atoms with Crippen LogP contribution in [0.4, 0.5) is 5.82 Å². The molecule has 0 fully saturated rings. The fraction of sp³-hybridized carbons (Fsp3) is 0.500. The quantitative estimate of drug-likeness (QED) is 0.393. The number of carboxylic acid groups (broad SMARTS) is 1. The fourth-order valence-electron chi connectivity index (χ4n) is 1.35. The molecule has 9 nitrogen and oxygen atoms in total. The smallest absolute Gasteiger partial charge is 0.381 e. The first kappa shape index (κ1) is 14.6. The number of carboxylic acids is 1. The molecule has 0 bridgehead atoms. The van der Waals surface area contributed by atoms with Crippen molar-refractivity contribution in [2.75, 3.05) is 6.54 Å². The summed E-state index contributed by atoms with van der Waals surface area (Å²) in [4.78, 5) is 34.9. The third-order valence-corrected chi connectivity index (χ3v) is 2.29. The summed E-state index contributed by atoms with van der Waals surface area (Å²) >= 11 is 0. The van der Waals surface area contributed by atoms with Crippen LogP contribution in [0.3, 0.4) is 0 Å². The minimum atomic E-state index is -0.903. The van der Waals surface area contributed by atoms with Crippen molar-refractivity contribution in [1.82, 2.24) is 14.9 Å². The van der Waals surface area contributed by atoms with E-state index in [1.165, 1.54) is 17.1 Å². The largest absolute Gasteiger partial charge is 0.481 e. The van der Waals surface area contributed by atoms with Crippen molar-refractivity contribution < 1.29 is 19.6 Å². The zero-order valence-corrected chi connectivity index (χ0v) is 10.1. The van der Waals surface area contributed by atoms with Crippen LogP contribution in [0.25, 0.3) is 0 Å². The van der Waals surface area contributed by atoms with Crippen molar-refractivity contribution in [1.29, 1.82) is 0 Å². The molecule has 1 rings (SSSR count). The lowest BCUT2D eigenvalue weighted by atomic mass is 10.3. The van der Waals surface area contributed by atoms with Crippen LogP contribution < -0.4 is 5.32 Å². The maximum atomic E-state index is 11.4. The first-order valence-corrected chi connectivity index (χ1v) is 5.63. The lowest BCUT2D eigenvalue weighted by Gasteiger charge is -2.03. The van der Waals surface area contributed by atoms with E-state index < -0.39 is 10.9 Å². The highest BCUT2D eigenvalue weighted by molar-refractivity contribution is 5.75. The number of nitro groups is 1. The van der Waals surface area contributed by atoms with E-state index in [-0.39, 0.29) is 31.1 Å². The van der Waals surface area contributed by atoms with E-state index in [9.17, 15) is 19.7 Å². The first-order chi connectivity index (χ1) is 8.99. The van der Waals surface area contributed by atoms with Gasteiger partial charge in [0.1, 0.15) is 6.20 Å². The standard InChI is InChI=1S/C10H14N4O5/c15-9(11-4-1-2-10(16)17)3-5-13-6-8(12-7-13)14(18)19/h6-7H,1-5H2,(H,11,15)(H,16,17). The first-order valence-electron chi connectivity index (χ1n) is 5.63. The Morgan fingerprint density at radius 3 is 2.79 bits per heavy atom. The van der Waals surface area contributed by atoms with Crippen LogP contribution in [0.15, 0.2) is 12.5 Å². The second-order valence-corrected chi connectivity index (χ2v) is 3.82. The summed E-state index contributed by atoms with van der Waals surface area (Å²) in [6.45, 7) is 0.584. The number of aromatic nitrogens is 2. The van der Waals surface area contributed by atoms with Gasteiger partial charge in [-0.25, -0.2) is 0 Å². The van der Waals surface area contributed by atoms with Crippen molar-refractivity contribution in [3.63, 3.8) is 0 Å². The number of imidazole rings is 1. The summed E-state index contributed by atoms with van der Waals surface area (Å²) < 4.78 is 1.45. The van der Waals surface area contributed by atoms with Gasteiger partial charge in [0.25, 0.3) is 0 Å². The molecule has 1 aromatic rings. The number of nitrogens with one attached hydrogen (secondary N) is 1. The zero-order chi connectivity index (χ0) is 14.3. The molecule has 0 aromatic carbocycles. The molecule has 0 aliphatic carbocycles. The van der Waals surface area contributed by atoms with Crippen LogP contribution in [0.1, 0.15) is 19.3 Å². The van der Waals surface area contributed by atoms with Crippen LogP contribution in [0.5, 0.6) is 0 Å². The van der Waals surface area contributed by atoms with Crippen molar-refractivity contribution in [3.8, 4) is 0 Å². The molecule has 2 N–H and O–H groups in total. The summed E-state index contributed by atoms with van der Waals surface area (Å²) in [6, 6.07) is 0. The van der Waals surface area contributed by atoms with E-state index in [1.54, 1.807) is 0 Å². The van der Waals surface area contributed by atoms with Crippen LogP contribution in [0.2, 0.25) is 0 Å². The molecule has 104 valence electrons. The Kier molecular flexibility index (Phi) is 5.45. The molecule has 1 aromatic heterocycles. The zero-order valence-electron chi connectivity index (χ0n) is 10.1. The molecule has 0 atom stereocenters. The topological polar surface area (TPSA) is 127 Å². The second-order valence-electron chi connectivity index (χ2n) is 3.82. The molecule has 0 saturated heterocycles. The van der Waals surface area contributed by atoms with E-state index in [1.807, 2.05) is 0 Å². The van der Waals surface area contributed by atoms with E-state index in [2.05, 4.69) is 10.3 Å². The number of hydrogen-bond donors (Lipinski definition) is 2. The van der Waals surface area contributed by atoms with E-state index in [0.29, 0.717) is 13.0 Å². The molecule has 0 spiro atoms. The number of aliphatic carboxylic acids is 1. The van der Waals surface area contributed by atoms with Crippen molar-refractivity contribution in [3.05, 3.63) is 22.6 Å². The molecular formula is C10H14N4O5. The van der Waals surface area contributed by atoms with Crippen molar-refractivity contribution in [2.45, 2.75) is 25.8 Å². The van der Waals surface area contributed by atoms with Gasteiger partial charge in [-0.1, -0.05) is 0 Å². The third-order valence-electron chi connectivity index (χ3n) is 2.29. The predicted molar refractivity (Wildman–Crippen MR) is 63.4 cm³/mol. The molecule has 0 saturated carbocycles. The van der Waals surface area contributed by atoms with Gasteiger partial charge in [0.05, 0.1) is 0 Å².